The Hall–Kier alpha value is -0.250. The summed E-state index contributed by atoms with van der Waals surface area (Å²) in [4.78, 5) is 4.12. The van der Waals surface area contributed by atoms with Crippen molar-refractivity contribution in [2.45, 2.75) is 4.90 Å². The third kappa shape index (κ3) is 1.58. The molecule has 2 aromatic heterocycles. The van der Waals surface area contributed by atoms with E-state index in [-0.39, 0.29) is 0 Å². The molecule has 2 heterocycles. The molecule has 0 fully saturated rings. The minimum Gasteiger partial charge on any atom is -0.143 e. The fourth-order valence-electron chi connectivity index (χ4n) is 0.974. The molecule has 0 atom stereocenters. The van der Waals surface area contributed by atoms with E-state index in [2.05, 4.69) is 35.2 Å². The van der Waals surface area contributed by atoms with Gasteiger partial charge in [0, 0.05) is 20.0 Å². The van der Waals surface area contributed by atoms with Crippen molar-refractivity contribution in [1.29, 1.82) is 0 Å². The number of rotatable bonds is 2. The molecule has 0 saturated carbocycles. The lowest BCUT2D eigenvalue weighted by molar-refractivity contribution is 1.60. The monoisotopic (exact) mass is 212 g/mol. The van der Waals surface area contributed by atoms with Crippen LogP contribution in [0, 0.1) is 0 Å². The van der Waals surface area contributed by atoms with Crippen molar-refractivity contribution in [2.24, 2.45) is 0 Å². The van der Waals surface area contributed by atoms with Gasteiger partial charge in [-0.3, -0.25) is 0 Å². The summed E-state index contributed by atoms with van der Waals surface area (Å²) in [6, 6.07) is 6.51. The van der Waals surface area contributed by atoms with Gasteiger partial charge in [-0.25, -0.2) is 0 Å². The SMILES string of the molecule is CSc1csc(-c2cccs2)c1. The summed E-state index contributed by atoms with van der Waals surface area (Å²) in [6.45, 7) is 0. The maximum atomic E-state index is 2.25. The van der Waals surface area contributed by atoms with Crippen molar-refractivity contribution >= 4 is 34.4 Å². The maximum absolute atomic E-state index is 2.25. The fraction of sp³-hybridized carbons (Fsp3) is 0.111. The van der Waals surface area contributed by atoms with Crippen LogP contribution in [-0.2, 0) is 0 Å². The maximum Gasteiger partial charge on any atom is 0.0454 e. The zero-order valence-electron chi connectivity index (χ0n) is 6.61. The second-order valence-corrected chi connectivity index (χ2v) is 5.07. The predicted molar refractivity (Wildman–Crippen MR) is 59.4 cm³/mol. The van der Waals surface area contributed by atoms with Gasteiger partial charge in [-0.15, -0.1) is 34.4 Å². The van der Waals surface area contributed by atoms with Crippen LogP contribution >= 0.6 is 34.4 Å². The standard InChI is InChI=1S/C9H8S3/c1-10-7-5-9(12-6-7)8-3-2-4-11-8/h2-6H,1H3. The molecule has 62 valence electrons. The fourth-order valence-corrected chi connectivity index (χ4v) is 3.43. The van der Waals surface area contributed by atoms with Crippen LogP contribution in [0.15, 0.2) is 33.9 Å². The van der Waals surface area contributed by atoms with Crippen molar-refractivity contribution in [3.8, 4) is 9.75 Å². The highest BCUT2D eigenvalue weighted by Crippen LogP contribution is 2.33. The summed E-state index contributed by atoms with van der Waals surface area (Å²) in [5, 5.41) is 4.33. The van der Waals surface area contributed by atoms with E-state index in [0.717, 1.165) is 0 Å². The van der Waals surface area contributed by atoms with Gasteiger partial charge >= 0.3 is 0 Å². The molecule has 2 aromatic rings. The Balaban J connectivity index is 2.35. The molecular weight excluding hydrogens is 204 g/mol. The van der Waals surface area contributed by atoms with Crippen molar-refractivity contribution in [3.05, 3.63) is 29.0 Å². The first-order chi connectivity index (χ1) is 5.90. The van der Waals surface area contributed by atoms with Crippen molar-refractivity contribution < 1.29 is 0 Å². The van der Waals surface area contributed by atoms with Gasteiger partial charge in [-0.05, 0) is 23.8 Å². The van der Waals surface area contributed by atoms with Crippen LogP contribution in [0.3, 0.4) is 0 Å². The van der Waals surface area contributed by atoms with Gasteiger partial charge in [0.1, 0.15) is 0 Å². The normalized spacial score (nSPS) is 10.4. The molecule has 0 aliphatic heterocycles. The van der Waals surface area contributed by atoms with Gasteiger partial charge in [0.25, 0.3) is 0 Å². The largest absolute Gasteiger partial charge is 0.143 e. The summed E-state index contributed by atoms with van der Waals surface area (Å²) in [7, 11) is 0. The lowest BCUT2D eigenvalue weighted by atomic mass is 10.4. The Morgan fingerprint density at radius 3 is 2.75 bits per heavy atom. The summed E-state index contributed by atoms with van der Waals surface area (Å²) < 4.78 is 0. The Bertz CT molecular complexity index is 345. The first-order valence-corrected chi connectivity index (χ1v) is 6.55. The van der Waals surface area contributed by atoms with E-state index in [9.17, 15) is 0 Å². The third-order valence-electron chi connectivity index (χ3n) is 1.58. The summed E-state index contributed by atoms with van der Waals surface area (Å²) >= 11 is 5.42. The molecule has 0 aliphatic rings. The van der Waals surface area contributed by atoms with E-state index in [1.807, 2.05) is 11.3 Å². The van der Waals surface area contributed by atoms with Crippen molar-refractivity contribution in [3.63, 3.8) is 0 Å². The second-order valence-electron chi connectivity index (χ2n) is 2.33. The van der Waals surface area contributed by atoms with Gasteiger partial charge in [0.15, 0.2) is 0 Å². The average molecular weight is 212 g/mol. The van der Waals surface area contributed by atoms with Crippen LogP contribution in [0.4, 0.5) is 0 Å². The number of hydrogen-bond donors (Lipinski definition) is 0. The van der Waals surface area contributed by atoms with Gasteiger partial charge in [-0.1, -0.05) is 6.07 Å². The highest BCUT2D eigenvalue weighted by atomic mass is 32.2. The summed E-state index contributed by atoms with van der Waals surface area (Å²) in [6.07, 6.45) is 2.11. The molecule has 0 N–H and O–H groups in total. The highest BCUT2D eigenvalue weighted by molar-refractivity contribution is 7.98. The van der Waals surface area contributed by atoms with Gasteiger partial charge in [0.05, 0.1) is 0 Å². The summed E-state index contributed by atoms with van der Waals surface area (Å²) in [5.74, 6) is 0. The van der Waals surface area contributed by atoms with Gasteiger partial charge in [0.2, 0.25) is 0 Å². The van der Waals surface area contributed by atoms with E-state index in [0.29, 0.717) is 0 Å². The molecule has 0 spiro atoms. The Morgan fingerprint density at radius 2 is 2.17 bits per heavy atom. The zero-order valence-corrected chi connectivity index (χ0v) is 9.06. The van der Waals surface area contributed by atoms with Gasteiger partial charge < -0.3 is 0 Å². The van der Waals surface area contributed by atoms with Crippen LogP contribution in [0.1, 0.15) is 0 Å². The van der Waals surface area contributed by atoms with Crippen LogP contribution in [-0.4, -0.2) is 6.26 Å². The third-order valence-corrected chi connectivity index (χ3v) is 4.43. The predicted octanol–water partition coefficient (Wildman–Crippen LogP) is 4.20. The molecule has 0 bridgehead atoms. The molecule has 0 radical (unpaired) electrons. The van der Waals surface area contributed by atoms with Gasteiger partial charge in [-0.2, -0.15) is 0 Å². The average Bonchev–Trinajstić information content (AvgIpc) is 2.75. The van der Waals surface area contributed by atoms with E-state index in [4.69, 9.17) is 0 Å². The lowest BCUT2D eigenvalue weighted by Crippen LogP contribution is -1.58. The van der Waals surface area contributed by atoms with E-state index >= 15 is 0 Å². The Labute approximate surface area is 84.3 Å². The molecular formula is C9H8S3. The first-order valence-electron chi connectivity index (χ1n) is 3.56. The molecule has 0 saturated heterocycles. The Kier molecular flexibility index (Phi) is 2.54. The molecule has 0 amide bonds. The first kappa shape index (κ1) is 8.35. The number of hydrogen-bond acceptors (Lipinski definition) is 3. The second kappa shape index (κ2) is 3.64. The quantitative estimate of drug-likeness (QED) is 0.672. The molecule has 0 unspecified atom stereocenters. The van der Waals surface area contributed by atoms with Crippen LogP contribution < -0.4 is 0 Å². The van der Waals surface area contributed by atoms with Crippen molar-refractivity contribution in [1.82, 2.24) is 0 Å². The molecule has 0 nitrogen and oxygen atoms in total. The molecule has 0 aromatic carbocycles. The lowest BCUT2D eigenvalue weighted by Gasteiger charge is -1.87. The van der Waals surface area contributed by atoms with E-state index in [1.54, 1.807) is 23.1 Å². The van der Waals surface area contributed by atoms with E-state index < -0.39 is 0 Å². The molecule has 12 heavy (non-hydrogen) atoms. The highest BCUT2D eigenvalue weighted by Gasteiger charge is 2.01. The molecule has 2 rings (SSSR count). The number of thiophene rings is 2. The minimum absolute atomic E-state index is 1.36. The zero-order chi connectivity index (χ0) is 8.39. The van der Waals surface area contributed by atoms with Crippen LogP contribution in [0.5, 0.6) is 0 Å². The van der Waals surface area contributed by atoms with Crippen molar-refractivity contribution in [2.75, 3.05) is 6.26 Å². The van der Waals surface area contributed by atoms with Crippen LogP contribution in [0.25, 0.3) is 9.75 Å². The summed E-state index contributed by atoms with van der Waals surface area (Å²) in [5.41, 5.74) is 0. The number of thioether (sulfide) groups is 1. The van der Waals surface area contributed by atoms with Crippen LogP contribution in [0.2, 0.25) is 0 Å². The van der Waals surface area contributed by atoms with E-state index in [1.165, 1.54) is 14.6 Å². The smallest absolute Gasteiger partial charge is 0.0454 e. The molecule has 3 heteroatoms. The Morgan fingerprint density at radius 1 is 1.25 bits per heavy atom. The topological polar surface area (TPSA) is 0 Å². The molecule has 0 aliphatic carbocycles. The minimum atomic E-state index is 1.36.